The molecule has 6 heteroatoms. The Morgan fingerprint density at radius 1 is 1.16 bits per heavy atom. The van der Waals surface area contributed by atoms with Gasteiger partial charge in [-0.1, -0.05) is 30.3 Å². The highest BCUT2D eigenvalue weighted by Gasteiger charge is 2.37. The van der Waals surface area contributed by atoms with Gasteiger partial charge in [0.25, 0.3) is 0 Å². The van der Waals surface area contributed by atoms with Gasteiger partial charge in [0.05, 0.1) is 5.41 Å². The van der Waals surface area contributed by atoms with Crippen molar-refractivity contribution in [3.63, 3.8) is 0 Å². The minimum absolute atomic E-state index is 0.0558. The van der Waals surface area contributed by atoms with Crippen molar-refractivity contribution in [1.29, 1.82) is 5.26 Å². The van der Waals surface area contributed by atoms with Crippen LogP contribution < -0.4 is 10.1 Å². The molecule has 2 N–H and O–H groups in total. The summed E-state index contributed by atoms with van der Waals surface area (Å²) < 4.78 is 5.13. The van der Waals surface area contributed by atoms with E-state index in [1.54, 1.807) is 54.6 Å². The normalized spacial score (nSPS) is 12.5. The third-order valence-corrected chi connectivity index (χ3v) is 3.84. The second-order valence-electron chi connectivity index (χ2n) is 5.70. The lowest BCUT2D eigenvalue weighted by atomic mass is 9.79. The molecule has 2 aromatic carbocycles. The summed E-state index contributed by atoms with van der Waals surface area (Å²) in [5, 5.41) is 20.7. The van der Waals surface area contributed by atoms with Gasteiger partial charge in [-0.3, -0.25) is 9.59 Å². The molecule has 1 atom stereocenters. The predicted molar refractivity (Wildman–Crippen MR) is 92.2 cm³/mol. The third kappa shape index (κ3) is 4.58. The Hall–Kier alpha value is -3.33. The fraction of sp³-hybridized carbons (Fsp3) is 0.211. The second kappa shape index (κ2) is 7.97. The number of hydrogen-bond acceptors (Lipinski definition) is 4. The zero-order valence-corrected chi connectivity index (χ0v) is 13.7. The van der Waals surface area contributed by atoms with Gasteiger partial charge in [-0.05, 0) is 36.8 Å². The highest BCUT2D eigenvalue weighted by atomic mass is 16.5. The van der Waals surface area contributed by atoms with E-state index < -0.39 is 17.3 Å². The maximum absolute atomic E-state index is 12.3. The van der Waals surface area contributed by atoms with Crippen LogP contribution in [0, 0.1) is 11.3 Å². The van der Waals surface area contributed by atoms with Gasteiger partial charge >= 0.3 is 5.97 Å². The second-order valence-corrected chi connectivity index (χ2v) is 5.70. The van der Waals surface area contributed by atoms with Crippen molar-refractivity contribution in [2.24, 2.45) is 0 Å². The summed E-state index contributed by atoms with van der Waals surface area (Å²) in [5.74, 6) is -0.951. The molecule has 0 aliphatic carbocycles. The average molecular weight is 338 g/mol. The van der Waals surface area contributed by atoms with Crippen LogP contribution in [0.4, 0.5) is 5.69 Å². The van der Waals surface area contributed by atoms with Crippen molar-refractivity contribution >= 4 is 17.6 Å². The smallest absolute Gasteiger partial charge is 0.314 e. The molecule has 1 unspecified atom stereocenters. The number of aliphatic carboxylic acids is 1. The lowest BCUT2D eigenvalue weighted by Crippen LogP contribution is -2.36. The number of benzene rings is 2. The summed E-state index contributed by atoms with van der Waals surface area (Å²) in [6, 6.07) is 17.1. The number of rotatable bonds is 7. The van der Waals surface area contributed by atoms with Crippen LogP contribution in [0.25, 0.3) is 0 Å². The number of amides is 1. The van der Waals surface area contributed by atoms with Crippen LogP contribution in [0.2, 0.25) is 0 Å². The van der Waals surface area contributed by atoms with Crippen LogP contribution >= 0.6 is 0 Å². The molecule has 0 aromatic heterocycles. The number of nitrogens with zero attached hydrogens (tertiary/aromatic N) is 1. The maximum Gasteiger partial charge on any atom is 0.314 e. The number of nitriles is 1. The Kier molecular flexibility index (Phi) is 5.75. The first-order chi connectivity index (χ1) is 12.0. The van der Waals surface area contributed by atoms with E-state index in [9.17, 15) is 14.7 Å². The lowest BCUT2D eigenvalue weighted by Gasteiger charge is -2.24. The molecule has 0 aliphatic heterocycles. The highest BCUT2D eigenvalue weighted by molar-refractivity contribution is 5.96. The van der Waals surface area contributed by atoms with Crippen LogP contribution in [0.1, 0.15) is 18.9 Å². The molecule has 2 aromatic rings. The molecule has 25 heavy (non-hydrogen) atoms. The Morgan fingerprint density at radius 2 is 1.80 bits per heavy atom. The molecule has 1 amide bonds. The molecule has 0 spiro atoms. The lowest BCUT2D eigenvalue weighted by molar-refractivity contribution is -0.145. The number of nitrogens with one attached hydrogen (secondary N) is 1. The summed E-state index contributed by atoms with van der Waals surface area (Å²) in [6.45, 7) is 1.48. The molecular weight excluding hydrogens is 320 g/mol. The molecule has 6 nitrogen and oxygen atoms in total. The van der Waals surface area contributed by atoms with E-state index in [0.29, 0.717) is 17.0 Å². The van der Waals surface area contributed by atoms with E-state index in [-0.39, 0.29) is 13.0 Å². The van der Waals surface area contributed by atoms with Gasteiger partial charge in [0.15, 0.2) is 6.61 Å². The van der Waals surface area contributed by atoms with Crippen LogP contribution in [-0.2, 0) is 15.0 Å². The molecule has 0 saturated heterocycles. The minimum Gasteiger partial charge on any atom is -0.481 e. The summed E-state index contributed by atoms with van der Waals surface area (Å²) in [6.07, 6.45) is -0.195. The molecule has 128 valence electrons. The Balaban J connectivity index is 2.07. The molecular formula is C19H18N2O4. The summed E-state index contributed by atoms with van der Waals surface area (Å²) >= 11 is 0. The molecule has 0 bridgehead atoms. The van der Waals surface area contributed by atoms with Gasteiger partial charge in [0.1, 0.15) is 11.8 Å². The summed E-state index contributed by atoms with van der Waals surface area (Å²) in [7, 11) is 0. The van der Waals surface area contributed by atoms with Crippen LogP contribution in [-0.4, -0.2) is 23.6 Å². The fourth-order valence-electron chi connectivity index (χ4n) is 2.38. The molecule has 0 aliphatic rings. The molecule has 0 saturated carbocycles. The van der Waals surface area contributed by atoms with Crippen LogP contribution in [0.15, 0.2) is 54.6 Å². The Bertz CT molecular complexity index is 781. The van der Waals surface area contributed by atoms with Crippen molar-refractivity contribution < 1.29 is 19.4 Å². The zero-order chi connectivity index (χ0) is 18.3. The monoisotopic (exact) mass is 338 g/mol. The van der Waals surface area contributed by atoms with Crippen molar-refractivity contribution in [3.8, 4) is 11.8 Å². The van der Waals surface area contributed by atoms with E-state index in [4.69, 9.17) is 10.00 Å². The first-order valence-corrected chi connectivity index (χ1v) is 7.64. The number of ether oxygens (including phenoxy) is 1. The van der Waals surface area contributed by atoms with E-state index in [0.717, 1.165) is 0 Å². The number of carboxylic acids is 1. The molecule has 0 radical (unpaired) electrons. The summed E-state index contributed by atoms with van der Waals surface area (Å²) in [4.78, 5) is 24.0. The topological polar surface area (TPSA) is 99.4 Å². The minimum atomic E-state index is -1.32. The third-order valence-electron chi connectivity index (χ3n) is 3.84. The van der Waals surface area contributed by atoms with E-state index >= 15 is 0 Å². The zero-order valence-electron chi connectivity index (χ0n) is 13.7. The molecule has 0 heterocycles. The van der Waals surface area contributed by atoms with Crippen molar-refractivity contribution in [1.82, 2.24) is 0 Å². The van der Waals surface area contributed by atoms with E-state index in [1.807, 2.05) is 6.07 Å². The van der Waals surface area contributed by atoms with E-state index in [2.05, 4.69) is 5.32 Å². The van der Waals surface area contributed by atoms with Crippen molar-refractivity contribution in [2.75, 3.05) is 11.9 Å². The number of hydrogen-bond donors (Lipinski definition) is 2. The Labute approximate surface area is 145 Å². The summed E-state index contributed by atoms with van der Waals surface area (Å²) in [5.41, 5.74) is -0.228. The quantitative estimate of drug-likeness (QED) is 0.808. The van der Waals surface area contributed by atoms with Crippen LogP contribution in [0.3, 0.4) is 0 Å². The number of carbonyl (C=O) groups is 2. The maximum atomic E-state index is 12.3. The first kappa shape index (κ1) is 18.0. The van der Waals surface area contributed by atoms with Gasteiger partial charge < -0.3 is 15.2 Å². The predicted octanol–water partition coefficient (Wildman–Crippen LogP) is 2.96. The number of carbonyl (C=O) groups excluding carboxylic acids is 1. The number of anilines is 1. The molecule has 0 fully saturated rings. The highest BCUT2D eigenvalue weighted by Crippen LogP contribution is 2.28. The van der Waals surface area contributed by atoms with Gasteiger partial charge in [-0.25, -0.2) is 0 Å². The Morgan fingerprint density at radius 3 is 2.36 bits per heavy atom. The van der Waals surface area contributed by atoms with Crippen molar-refractivity contribution in [2.45, 2.75) is 18.8 Å². The van der Waals surface area contributed by atoms with Gasteiger partial charge in [-0.2, -0.15) is 5.26 Å². The largest absolute Gasteiger partial charge is 0.481 e. The standard InChI is InChI=1S/C19H18N2O4/c1-19(18(23)24,14-5-3-2-4-6-14)13-17(22)21-15-7-9-16(10-8-15)25-12-11-20/h2-10H,12-13H2,1H3,(H,21,22)(H,23,24). The van der Waals surface area contributed by atoms with Gasteiger partial charge in [0, 0.05) is 12.1 Å². The number of carboxylic acid groups (broad SMARTS) is 1. The van der Waals surface area contributed by atoms with E-state index in [1.165, 1.54) is 6.92 Å². The van der Waals surface area contributed by atoms with Gasteiger partial charge in [0.2, 0.25) is 5.91 Å². The average Bonchev–Trinajstić information content (AvgIpc) is 2.61. The van der Waals surface area contributed by atoms with Crippen LogP contribution in [0.5, 0.6) is 5.75 Å². The fourth-order valence-corrected chi connectivity index (χ4v) is 2.38. The first-order valence-electron chi connectivity index (χ1n) is 7.64. The van der Waals surface area contributed by atoms with Gasteiger partial charge in [-0.15, -0.1) is 0 Å². The SMILES string of the molecule is CC(CC(=O)Nc1ccc(OCC#N)cc1)(C(=O)O)c1ccccc1. The molecule has 2 rings (SSSR count). The van der Waals surface area contributed by atoms with Crippen molar-refractivity contribution in [3.05, 3.63) is 60.2 Å².